The Morgan fingerprint density at radius 3 is 2.85 bits per heavy atom. The number of hydrogen-bond donors (Lipinski definition) is 0. The lowest BCUT2D eigenvalue weighted by Gasteiger charge is -2.19. The molecule has 0 fully saturated rings. The Morgan fingerprint density at radius 2 is 2.15 bits per heavy atom. The fourth-order valence-electron chi connectivity index (χ4n) is 2.86. The van der Waals surface area contributed by atoms with Gasteiger partial charge in [0.2, 0.25) is 0 Å². The highest BCUT2D eigenvalue weighted by Crippen LogP contribution is 2.33. The van der Waals surface area contributed by atoms with Crippen LogP contribution in [-0.2, 0) is 13.1 Å². The number of benzene rings is 1. The second-order valence-electron chi connectivity index (χ2n) is 6.40. The van der Waals surface area contributed by atoms with Crippen LogP contribution in [0.4, 0.5) is 0 Å². The van der Waals surface area contributed by atoms with E-state index in [9.17, 15) is 4.79 Å². The lowest BCUT2D eigenvalue weighted by Crippen LogP contribution is -2.27. The first kappa shape index (κ1) is 18.5. The van der Waals surface area contributed by atoms with Crippen LogP contribution < -0.4 is 4.74 Å². The first-order valence-electron chi connectivity index (χ1n) is 8.55. The van der Waals surface area contributed by atoms with Gasteiger partial charge in [0.1, 0.15) is 11.3 Å². The first-order valence-corrected chi connectivity index (χ1v) is 9.34. The minimum atomic E-state index is -0.100. The molecule has 1 amide bonds. The second kappa shape index (κ2) is 7.53. The summed E-state index contributed by atoms with van der Waals surface area (Å²) < 4.78 is 14.0. The molecule has 0 bridgehead atoms. The van der Waals surface area contributed by atoms with Gasteiger partial charge in [-0.15, -0.1) is 0 Å². The maximum atomic E-state index is 12.9. The van der Waals surface area contributed by atoms with Crippen LogP contribution in [0.2, 0.25) is 0 Å². The van der Waals surface area contributed by atoms with E-state index in [2.05, 4.69) is 21.0 Å². The molecule has 0 aliphatic carbocycles. The molecule has 1 aromatic carbocycles. The molecule has 0 unspecified atom stereocenters. The summed E-state index contributed by atoms with van der Waals surface area (Å²) in [7, 11) is 1.78. The summed E-state index contributed by atoms with van der Waals surface area (Å²) in [6.45, 7) is 7.17. The van der Waals surface area contributed by atoms with E-state index in [1.807, 2.05) is 37.6 Å². The predicted octanol–water partition coefficient (Wildman–Crippen LogP) is 4.47. The van der Waals surface area contributed by atoms with E-state index in [0.29, 0.717) is 28.1 Å². The molecule has 0 saturated heterocycles. The Kier molecular flexibility index (Phi) is 5.36. The lowest BCUT2D eigenvalue weighted by atomic mass is 10.1. The average molecular weight is 420 g/mol. The van der Waals surface area contributed by atoms with Gasteiger partial charge >= 0.3 is 0 Å². The van der Waals surface area contributed by atoms with Crippen molar-refractivity contribution in [1.82, 2.24) is 14.7 Å². The molecule has 26 heavy (non-hydrogen) atoms. The number of nitrogens with zero attached hydrogens (tertiary/aromatic N) is 3. The summed E-state index contributed by atoms with van der Waals surface area (Å²) in [6, 6.07) is 7.31. The molecule has 2 aromatic heterocycles. The van der Waals surface area contributed by atoms with Crippen molar-refractivity contribution in [2.24, 2.45) is 0 Å². The van der Waals surface area contributed by atoms with Crippen LogP contribution in [-0.4, -0.2) is 33.7 Å². The molecule has 3 rings (SSSR count). The number of aryl methyl sites for hydroxylation is 1. The predicted molar refractivity (Wildman–Crippen MR) is 103 cm³/mol. The molecule has 0 aliphatic rings. The van der Waals surface area contributed by atoms with E-state index >= 15 is 0 Å². The van der Waals surface area contributed by atoms with Crippen molar-refractivity contribution < 1.29 is 13.9 Å². The van der Waals surface area contributed by atoms with Crippen LogP contribution in [0.15, 0.2) is 39.5 Å². The van der Waals surface area contributed by atoms with Gasteiger partial charge in [0, 0.05) is 31.4 Å². The van der Waals surface area contributed by atoms with Gasteiger partial charge in [0.15, 0.2) is 4.67 Å². The first-order chi connectivity index (χ1) is 12.4. The highest BCUT2D eigenvalue weighted by atomic mass is 79.9. The van der Waals surface area contributed by atoms with Gasteiger partial charge in [-0.25, -0.2) is 0 Å². The van der Waals surface area contributed by atoms with E-state index in [1.54, 1.807) is 30.3 Å². The van der Waals surface area contributed by atoms with Gasteiger partial charge in [-0.1, -0.05) is 0 Å². The fourth-order valence-corrected chi connectivity index (χ4v) is 3.27. The molecule has 138 valence electrons. The largest absolute Gasteiger partial charge is 0.490 e. The van der Waals surface area contributed by atoms with Gasteiger partial charge in [-0.05, 0) is 54.9 Å². The van der Waals surface area contributed by atoms with Crippen LogP contribution >= 0.6 is 15.9 Å². The number of rotatable bonds is 6. The fraction of sp³-hybridized carbons (Fsp3) is 0.368. The number of fused-ring (bicyclic) bond motifs is 1. The standard InChI is InChI=1S/C19H22BrN3O3/c1-5-23-14(6-7-21-23)11-22(4)19(24)13-8-16(25-12(2)3)15-10-18(20)26-17(15)9-13/h6-10,12H,5,11H2,1-4H3. The molecule has 0 radical (unpaired) electrons. The molecule has 0 N–H and O–H groups in total. The number of aromatic nitrogens is 2. The third-order valence-electron chi connectivity index (χ3n) is 4.03. The maximum Gasteiger partial charge on any atom is 0.254 e. The normalized spacial score (nSPS) is 11.3. The maximum absolute atomic E-state index is 12.9. The minimum Gasteiger partial charge on any atom is -0.490 e. The van der Waals surface area contributed by atoms with Crippen molar-refractivity contribution in [3.8, 4) is 5.75 Å². The minimum absolute atomic E-state index is 0.00568. The number of halogens is 1. The smallest absolute Gasteiger partial charge is 0.254 e. The SMILES string of the molecule is CCn1nccc1CN(C)C(=O)c1cc(OC(C)C)c2cc(Br)oc2c1. The lowest BCUT2D eigenvalue weighted by molar-refractivity contribution is 0.0781. The Balaban J connectivity index is 1.91. The van der Waals surface area contributed by atoms with Crippen LogP contribution in [0.25, 0.3) is 11.0 Å². The molecule has 0 saturated carbocycles. The molecule has 6 nitrogen and oxygen atoms in total. The van der Waals surface area contributed by atoms with Gasteiger partial charge in [0.05, 0.1) is 23.7 Å². The van der Waals surface area contributed by atoms with E-state index in [4.69, 9.17) is 9.15 Å². The van der Waals surface area contributed by atoms with Gasteiger partial charge in [-0.2, -0.15) is 5.10 Å². The summed E-state index contributed by atoms with van der Waals surface area (Å²) >= 11 is 3.34. The molecule has 0 spiro atoms. The molecule has 7 heteroatoms. The topological polar surface area (TPSA) is 60.5 Å². The van der Waals surface area contributed by atoms with Crippen LogP contribution in [0, 0.1) is 0 Å². The average Bonchev–Trinajstić information content (AvgIpc) is 3.18. The third kappa shape index (κ3) is 3.77. The molecule has 2 heterocycles. The number of furan rings is 1. The highest BCUT2D eigenvalue weighted by molar-refractivity contribution is 9.10. The quantitative estimate of drug-likeness (QED) is 0.591. The summed E-state index contributed by atoms with van der Waals surface area (Å²) in [5.41, 5.74) is 2.13. The number of amides is 1. The number of hydrogen-bond acceptors (Lipinski definition) is 4. The Morgan fingerprint density at radius 1 is 1.38 bits per heavy atom. The molecule has 3 aromatic rings. The molecular weight excluding hydrogens is 398 g/mol. The van der Waals surface area contributed by atoms with Crippen LogP contribution in [0.3, 0.4) is 0 Å². The number of ether oxygens (including phenoxy) is 1. The van der Waals surface area contributed by atoms with E-state index < -0.39 is 0 Å². The summed E-state index contributed by atoms with van der Waals surface area (Å²) in [5.74, 6) is 0.541. The van der Waals surface area contributed by atoms with Crippen molar-refractivity contribution in [1.29, 1.82) is 0 Å². The van der Waals surface area contributed by atoms with E-state index in [-0.39, 0.29) is 12.0 Å². The Bertz CT molecular complexity index is 929. The van der Waals surface area contributed by atoms with Crippen molar-refractivity contribution in [3.05, 3.63) is 46.4 Å². The molecule has 0 atom stereocenters. The number of carbonyl (C=O) groups is 1. The summed E-state index contributed by atoms with van der Waals surface area (Å²) in [6.07, 6.45) is 1.74. The van der Waals surface area contributed by atoms with Gasteiger partial charge in [-0.3, -0.25) is 9.48 Å². The van der Waals surface area contributed by atoms with E-state index in [1.165, 1.54) is 0 Å². The van der Waals surface area contributed by atoms with Crippen molar-refractivity contribution >= 4 is 32.8 Å². The van der Waals surface area contributed by atoms with Gasteiger partial charge in [0.25, 0.3) is 5.91 Å². The highest BCUT2D eigenvalue weighted by Gasteiger charge is 2.19. The zero-order chi connectivity index (χ0) is 18.8. The number of carbonyl (C=O) groups excluding carboxylic acids is 1. The van der Waals surface area contributed by atoms with Gasteiger partial charge < -0.3 is 14.1 Å². The molecule has 0 aliphatic heterocycles. The zero-order valence-electron chi connectivity index (χ0n) is 15.3. The Hall–Kier alpha value is -2.28. The van der Waals surface area contributed by atoms with E-state index in [0.717, 1.165) is 17.6 Å². The second-order valence-corrected chi connectivity index (χ2v) is 7.18. The van der Waals surface area contributed by atoms with Crippen LogP contribution in [0.1, 0.15) is 36.8 Å². The zero-order valence-corrected chi connectivity index (χ0v) is 16.9. The van der Waals surface area contributed by atoms with Crippen LogP contribution in [0.5, 0.6) is 5.75 Å². The monoisotopic (exact) mass is 419 g/mol. The van der Waals surface area contributed by atoms with Crippen molar-refractivity contribution in [3.63, 3.8) is 0 Å². The third-order valence-corrected chi connectivity index (χ3v) is 4.42. The van der Waals surface area contributed by atoms with Crippen molar-refractivity contribution in [2.45, 2.75) is 40.0 Å². The Labute approximate surface area is 160 Å². The molecular formula is C19H22BrN3O3. The summed E-state index contributed by atoms with van der Waals surface area (Å²) in [5, 5.41) is 5.09. The van der Waals surface area contributed by atoms with Crippen molar-refractivity contribution in [2.75, 3.05) is 7.05 Å². The summed E-state index contributed by atoms with van der Waals surface area (Å²) in [4.78, 5) is 14.6.